The Balaban J connectivity index is 2.59. The number of nitrogens with zero attached hydrogens (tertiary/aromatic N) is 1. The van der Waals surface area contributed by atoms with Gasteiger partial charge in [-0.2, -0.15) is 0 Å². The molecule has 0 fully saturated rings. The lowest BCUT2D eigenvalue weighted by atomic mass is 10.2. The molecule has 0 amide bonds. The Morgan fingerprint density at radius 3 is 2.47 bits per heavy atom. The fraction of sp³-hybridized carbons (Fsp3) is 0.250. The van der Waals surface area contributed by atoms with Crippen molar-refractivity contribution in [2.75, 3.05) is 6.61 Å². The molecular weight excluding hydrogens is 222 g/mol. The zero-order valence-corrected chi connectivity index (χ0v) is 9.67. The Kier molecular flexibility index (Phi) is 4.87. The standard InChI is InChI=1S/C12H13NO4/c1-3-16-11(14)9(2)13-17-12(15)10-7-5-4-6-8-10/h4-8H,3H2,1-2H3/b13-9+. The van der Waals surface area contributed by atoms with Crippen LogP contribution in [0.25, 0.3) is 0 Å². The Labute approximate surface area is 99.0 Å². The summed E-state index contributed by atoms with van der Waals surface area (Å²) >= 11 is 0. The third kappa shape index (κ3) is 4.06. The summed E-state index contributed by atoms with van der Waals surface area (Å²) in [5, 5.41) is 3.41. The van der Waals surface area contributed by atoms with E-state index in [4.69, 9.17) is 0 Å². The van der Waals surface area contributed by atoms with Crippen LogP contribution in [0.15, 0.2) is 35.5 Å². The topological polar surface area (TPSA) is 65.0 Å². The summed E-state index contributed by atoms with van der Waals surface area (Å²) < 4.78 is 4.68. The minimum atomic E-state index is -0.616. The van der Waals surface area contributed by atoms with E-state index in [0.29, 0.717) is 5.56 Å². The van der Waals surface area contributed by atoms with Gasteiger partial charge in [0.25, 0.3) is 0 Å². The van der Waals surface area contributed by atoms with Gasteiger partial charge in [-0.3, -0.25) is 0 Å². The summed E-state index contributed by atoms with van der Waals surface area (Å²) in [4.78, 5) is 27.2. The van der Waals surface area contributed by atoms with Crippen LogP contribution in [0.1, 0.15) is 24.2 Å². The molecule has 90 valence electrons. The molecule has 0 aliphatic rings. The van der Waals surface area contributed by atoms with Crippen LogP contribution in [0.5, 0.6) is 0 Å². The SMILES string of the molecule is CCOC(=O)/C(C)=N/OC(=O)c1ccccc1. The van der Waals surface area contributed by atoms with Crippen molar-refractivity contribution >= 4 is 17.7 Å². The molecule has 1 aromatic carbocycles. The van der Waals surface area contributed by atoms with Gasteiger partial charge in [0, 0.05) is 0 Å². The zero-order valence-electron chi connectivity index (χ0n) is 9.67. The van der Waals surface area contributed by atoms with E-state index in [2.05, 4.69) is 14.7 Å². The van der Waals surface area contributed by atoms with Gasteiger partial charge < -0.3 is 9.57 Å². The highest BCUT2D eigenvalue weighted by Crippen LogP contribution is 2.01. The second kappa shape index (κ2) is 6.42. The van der Waals surface area contributed by atoms with Crippen molar-refractivity contribution in [2.45, 2.75) is 13.8 Å². The lowest BCUT2D eigenvalue weighted by Gasteiger charge is -2.00. The van der Waals surface area contributed by atoms with Crippen LogP contribution in [-0.4, -0.2) is 24.3 Å². The summed E-state index contributed by atoms with van der Waals surface area (Å²) in [5.41, 5.74) is 0.365. The Morgan fingerprint density at radius 2 is 1.88 bits per heavy atom. The van der Waals surface area contributed by atoms with E-state index in [-0.39, 0.29) is 12.3 Å². The quantitative estimate of drug-likeness (QED) is 0.345. The number of esters is 1. The molecule has 0 aliphatic carbocycles. The molecule has 17 heavy (non-hydrogen) atoms. The highest BCUT2D eigenvalue weighted by Gasteiger charge is 2.10. The first kappa shape index (κ1) is 12.9. The Morgan fingerprint density at radius 1 is 1.24 bits per heavy atom. The van der Waals surface area contributed by atoms with Gasteiger partial charge in [-0.25, -0.2) is 9.59 Å². The second-order valence-electron chi connectivity index (χ2n) is 3.14. The Bertz CT molecular complexity index is 425. The number of ether oxygens (including phenoxy) is 1. The van der Waals surface area contributed by atoms with Crippen LogP contribution in [0.3, 0.4) is 0 Å². The maximum atomic E-state index is 11.4. The van der Waals surface area contributed by atoms with Gasteiger partial charge in [0.1, 0.15) is 0 Å². The summed E-state index contributed by atoms with van der Waals surface area (Å²) in [6.07, 6.45) is 0. The van der Waals surface area contributed by atoms with Crippen molar-refractivity contribution in [1.29, 1.82) is 0 Å². The molecule has 1 rings (SSSR count). The van der Waals surface area contributed by atoms with E-state index in [0.717, 1.165) is 0 Å². The van der Waals surface area contributed by atoms with E-state index in [1.165, 1.54) is 6.92 Å². The number of hydrogen-bond donors (Lipinski definition) is 0. The predicted octanol–water partition coefficient (Wildman–Crippen LogP) is 1.78. The lowest BCUT2D eigenvalue weighted by Crippen LogP contribution is -2.15. The molecule has 0 spiro atoms. The van der Waals surface area contributed by atoms with E-state index < -0.39 is 11.9 Å². The number of benzene rings is 1. The number of carbonyl (C=O) groups is 2. The van der Waals surface area contributed by atoms with E-state index in [9.17, 15) is 9.59 Å². The Hall–Kier alpha value is -2.17. The van der Waals surface area contributed by atoms with Gasteiger partial charge in [-0.15, -0.1) is 0 Å². The molecular formula is C12H13NO4. The monoisotopic (exact) mass is 235 g/mol. The molecule has 0 saturated carbocycles. The first-order valence-corrected chi connectivity index (χ1v) is 5.13. The molecule has 0 heterocycles. The number of hydrogen-bond acceptors (Lipinski definition) is 5. The first-order valence-electron chi connectivity index (χ1n) is 5.13. The lowest BCUT2D eigenvalue weighted by molar-refractivity contribution is -0.135. The summed E-state index contributed by atoms with van der Waals surface area (Å²) in [5.74, 6) is -1.22. The molecule has 0 atom stereocenters. The number of oxime groups is 1. The zero-order chi connectivity index (χ0) is 12.7. The van der Waals surface area contributed by atoms with Crippen LogP contribution < -0.4 is 0 Å². The maximum absolute atomic E-state index is 11.4. The molecule has 5 heteroatoms. The van der Waals surface area contributed by atoms with Gasteiger partial charge in [0.05, 0.1) is 12.2 Å². The maximum Gasteiger partial charge on any atom is 0.365 e. The summed E-state index contributed by atoms with van der Waals surface area (Å²) in [6.45, 7) is 3.34. The van der Waals surface area contributed by atoms with Crippen LogP contribution in [0.4, 0.5) is 0 Å². The summed E-state index contributed by atoms with van der Waals surface area (Å²) in [6, 6.07) is 8.38. The largest absolute Gasteiger partial charge is 0.461 e. The highest BCUT2D eigenvalue weighted by molar-refractivity contribution is 6.35. The van der Waals surface area contributed by atoms with Crippen molar-refractivity contribution in [3.8, 4) is 0 Å². The van der Waals surface area contributed by atoms with Crippen LogP contribution >= 0.6 is 0 Å². The van der Waals surface area contributed by atoms with Gasteiger partial charge in [-0.1, -0.05) is 23.4 Å². The normalized spacial score (nSPS) is 10.8. The van der Waals surface area contributed by atoms with Crippen molar-refractivity contribution in [3.05, 3.63) is 35.9 Å². The molecule has 0 aromatic heterocycles. The van der Waals surface area contributed by atoms with E-state index in [1.807, 2.05) is 0 Å². The average molecular weight is 235 g/mol. The molecule has 0 unspecified atom stereocenters. The predicted molar refractivity (Wildman–Crippen MR) is 61.6 cm³/mol. The third-order valence-corrected chi connectivity index (χ3v) is 1.85. The van der Waals surface area contributed by atoms with Gasteiger partial charge >= 0.3 is 11.9 Å². The minimum Gasteiger partial charge on any atom is -0.461 e. The highest BCUT2D eigenvalue weighted by atomic mass is 16.7. The second-order valence-corrected chi connectivity index (χ2v) is 3.14. The van der Waals surface area contributed by atoms with Crippen molar-refractivity contribution < 1.29 is 19.2 Å². The van der Waals surface area contributed by atoms with Crippen molar-refractivity contribution in [2.24, 2.45) is 5.16 Å². The van der Waals surface area contributed by atoms with Crippen molar-refractivity contribution in [1.82, 2.24) is 0 Å². The van der Waals surface area contributed by atoms with Crippen LogP contribution in [0, 0.1) is 0 Å². The first-order chi connectivity index (χ1) is 8.15. The number of rotatable bonds is 4. The van der Waals surface area contributed by atoms with E-state index in [1.54, 1.807) is 37.3 Å². The van der Waals surface area contributed by atoms with Gasteiger partial charge in [0.15, 0.2) is 5.71 Å². The van der Waals surface area contributed by atoms with E-state index >= 15 is 0 Å². The number of carbonyl (C=O) groups excluding carboxylic acids is 2. The third-order valence-electron chi connectivity index (χ3n) is 1.85. The molecule has 0 saturated heterocycles. The molecule has 1 aromatic rings. The van der Waals surface area contributed by atoms with Crippen LogP contribution in [-0.2, 0) is 14.4 Å². The molecule has 0 N–H and O–H groups in total. The smallest absolute Gasteiger partial charge is 0.365 e. The van der Waals surface area contributed by atoms with Gasteiger partial charge in [0.2, 0.25) is 0 Å². The fourth-order valence-electron chi connectivity index (χ4n) is 1.01. The summed E-state index contributed by atoms with van der Waals surface area (Å²) in [7, 11) is 0. The molecule has 5 nitrogen and oxygen atoms in total. The average Bonchev–Trinajstić information content (AvgIpc) is 2.36. The molecule has 0 radical (unpaired) electrons. The molecule has 0 aliphatic heterocycles. The molecule has 0 bridgehead atoms. The van der Waals surface area contributed by atoms with Gasteiger partial charge in [-0.05, 0) is 26.0 Å². The minimum absolute atomic E-state index is 0.00358. The fourth-order valence-corrected chi connectivity index (χ4v) is 1.01. The van der Waals surface area contributed by atoms with Crippen molar-refractivity contribution in [3.63, 3.8) is 0 Å². The van der Waals surface area contributed by atoms with Crippen LogP contribution in [0.2, 0.25) is 0 Å².